The SMILES string of the molecule is CN(C[C@@H]1C[C@H](F)CN1Cc1nccs1)C(=O)C1=COCCC1. The predicted octanol–water partition coefficient (Wildman–Crippen LogP) is 2.21. The van der Waals surface area contributed by atoms with Gasteiger partial charge in [-0.15, -0.1) is 11.3 Å². The van der Waals surface area contributed by atoms with Crippen LogP contribution in [0.4, 0.5) is 4.39 Å². The largest absolute Gasteiger partial charge is 0.501 e. The van der Waals surface area contributed by atoms with Crippen molar-refractivity contribution in [1.82, 2.24) is 14.8 Å². The van der Waals surface area contributed by atoms with Crippen LogP contribution in [0.2, 0.25) is 0 Å². The number of likely N-dealkylation sites (tertiary alicyclic amines) is 1. The van der Waals surface area contributed by atoms with Crippen molar-refractivity contribution in [3.8, 4) is 0 Å². The maximum atomic E-state index is 13.9. The van der Waals surface area contributed by atoms with Crippen LogP contribution in [0.25, 0.3) is 0 Å². The lowest BCUT2D eigenvalue weighted by Crippen LogP contribution is -2.41. The Hall–Kier alpha value is -1.47. The van der Waals surface area contributed by atoms with Crippen LogP contribution in [0.1, 0.15) is 24.3 Å². The highest BCUT2D eigenvalue weighted by molar-refractivity contribution is 7.09. The average Bonchev–Trinajstić information content (AvgIpc) is 3.18. The number of amides is 1. The second kappa shape index (κ2) is 7.40. The molecule has 0 aliphatic carbocycles. The lowest BCUT2D eigenvalue weighted by Gasteiger charge is -2.28. The van der Waals surface area contributed by atoms with Gasteiger partial charge in [0, 0.05) is 37.8 Å². The summed E-state index contributed by atoms with van der Waals surface area (Å²) in [7, 11) is 1.78. The van der Waals surface area contributed by atoms with E-state index in [2.05, 4.69) is 9.88 Å². The Kier molecular flexibility index (Phi) is 5.27. The molecule has 1 saturated heterocycles. The van der Waals surface area contributed by atoms with Crippen molar-refractivity contribution < 1.29 is 13.9 Å². The van der Waals surface area contributed by atoms with Gasteiger partial charge in [-0.1, -0.05) is 0 Å². The zero-order chi connectivity index (χ0) is 16.2. The Labute approximate surface area is 139 Å². The van der Waals surface area contributed by atoms with Crippen molar-refractivity contribution in [3.05, 3.63) is 28.4 Å². The highest BCUT2D eigenvalue weighted by atomic mass is 32.1. The molecule has 2 atom stereocenters. The summed E-state index contributed by atoms with van der Waals surface area (Å²) in [5, 5.41) is 2.92. The second-order valence-corrected chi connectivity index (χ2v) is 7.12. The van der Waals surface area contributed by atoms with E-state index in [4.69, 9.17) is 4.74 Å². The van der Waals surface area contributed by atoms with Crippen LogP contribution in [-0.4, -0.2) is 59.6 Å². The molecule has 126 valence electrons. The van der Waals surface area contributed by atoms with Gasteiger partial charge in [0.25, 0.3) is 5.91 Å². The fourth-order valence-electron chi connectivity index (χ4n) is 3.18. The van der Waals surface area contributed by atoms with Crippen molar-refractivity contribution in [2.45, 2.75) is 38.0 Å². The van der Waals surface area contributed by atoms with E-state index < -0.39 is 6.17 Å². The lowest BCUT2D eigenvalue weighted by molar-refractivity contribution is -0.127. The van der Waals surface area contributed by atoms with E-state index in [1.807, 2.05) is 5.38 Å². The van der Waals surface area contributed by atoms with Gasteiger partial charge >= 0.3 is 0 Å². The number of carbonyl (C=O) groups excluding carboxylic acids is 1. The van der Waals surface area contributed by atoms with Gasteiger partial charge in [0.05, 0.1) is 25.0 Å². The van der Waals surface area contributed by atoms with Crippen LogP contribution in [-0.2, 0) is 16.1 Å². The number of nitrogens with zero attached hydrogens (tertiary/aromatic N) is 3. The number of halogens is 1. The summed E-state index contributed by atoms with van der Waals surface area (Å²) in [5.74, 6) is -0.0128. The molecule has 3 rings (SSSR count). The minimum Gasteiger partial charge on any atom is -0.501 e. The van der Waals surface area contributed by atoms with E-state index in [-0.39, 0.29) is 11.9 Å². The summed E-state index contributed by atoms with van der Waals surface area (Å²) in [6, 6.07) is 0.0351. The Morgan fingerprint density at radius 1 is 1.61 bits per heavy atom. The third-order valence-corrected chi connectivity index (χ3v) is 5.10. The van der Waals surface area contributed by atoms with Crippen molar-refractivity contribution >= 4 is 17.2 Å². The molecule has 2 aliphatic heterocycles. The van der Waals surface area contributed by atoms with Gasteiger partial charge in [0.1, 0.15) is 11.2 Å². The third kappa shape index (κ3) is 4.09. The number of likely N-dealkylation sites (N-methyl/N-ethyl adjacent to an activating group) is 1. The van der Waals surface area contributed by atoms with E-state index in [9.17, 15) is 9.18 Å². The zero-order valence-electron chi connectivity index (χ0n) is 13.3. The summed E-state index contributed by atoms with van der Waals surface area (Å²) in [4.78, 5) is 20.5. The van der Waals surface area contributed by atoms with Gasteiger partial charge in [-0.2, -0.15) is 0 Å². The molecule has 7 heteroatoms. The van der Waals surface area contributed by atoms with Gasteiger partial charge < -0.3 is 9.64 Å². The quantitative estimate of drug-likeness (QED) is 0.825. The van der Waals surface area contributed by atoms with Crippen LogP contribution in [0.5, 0.6) is 0 Å². The van der Waals surface area contributed by atoms with E-state index >= 15 is 0 Å². The molecule has 1 fully saturated rings. The molecule has 0 aromatic carbocycles. The summed E-state index contributed by atoms with van der Waals surface area (Å²) in [5.41, 5.74) is 0.708. The fraction of sp³-hybridized carbons (Fsp3) is 0.625. The summed E-state index contributed by atoms with van der Waals surface area (Å²) >= 11 is 1.58. The first-order chi connectivity index (χ1) is 11.1. The van der Waals surface area contributed by atoms with Crippen molar-refractivity contribution in [2.75, 3.05) is 26.7 Å². The molecule has 0 unspecified atom stereocenters. The van der Waals surface area contributed by atoms with E-state index in [0.29, 0.717) is 38.2 Å². The zero-order valence-corrected chi connectivity index (χ0v) is 14.1. The van der Waals surface area contributed by atoms with Crippen LogP contribution in [0.3, 0.4) is 0 Å². The Bertz CT molecular complexity index is 564. The third-order valence-electron chi connectivity index (χ3n) is 4.34. The summed E-state index contributed by atoms with van der Waals surface area (Å²) in [6.45, 7) is 2.27. The van der Waals surface area contributed by atoms with Crippen LogP contribution >= 0.6 is 11.3 Å². The number of aromatic nitrogens is 1. The highest BCUT2D eigenvalue weighted by Crippen LogP contribution is 2.24. The van der Waals surface area contributed by atoms with Gasteiger partial charge in [0.2, 0.25) is 0 Å². The molecule has 0 N–H and O–H groups in total. The molecule has 2 aliphatic rings. The molecule has 0 bridgehead atoms. The van der Waals surface area contributed by atoms with E-state index in [1.54, 1.807) is 35.7 Å². The molecule has 0 spiro atoms. The first-order valence-electron chi connectivity index (χ1n) is 7.96. The molecule has 0 radical (unpaired) electrons. The standard InChI is InChI=1S/C16H22FN3O2S/c1-19(16(21)12-3-2-5-22-11-12)9-14-7-13(17)8-20(14)10-15-18-4-6-23-15/h4,6,11,13-14H,2-3,5,7-10H2,1H3/t13-,14-/m0/s1. The highest BCUT2D eigenvalue weighted by Gasteiger charge is 2.34. The normalized spacial score (nSPS) is 25.0. The number of carbonyl (C=O) groups is 1. The number of ether oxygens (including phenoxy) is 1. The fourth-order valence-corrected chi connectivity index (χ4v) is 3.82. The molecule has 23 heavy (non-hydrogen) atoms. The Morgan fingerprint density at radius 2 is 2.48 bits per heavy atom. The summed E-state index contributed by atoms with van der Waals surface area (Å²) < 4.78 is 19.1. The topological polar surface area (TPSA) is 45.7 Å². The number of hydrogen-bond donors (Lipinski definition) is 0. The lowest BCUT2D eigenvalue weighted by atomic mass is 10.1. The molecule has 1 amide bonds. The average molecular weight is 339 g/mol. The molecule has 0 saturated carbocycles. The van der Waals surface area contributed by atoms with Gasteiger partial charge in [-0.25, -0.2) is 9.37 Å². The van der Waals surface area contributed by atoms with Crippen molar-refractivity contribution in [1.29, 1.82) is 0 Å². The molecule has 3 heterocycles. The first kappa shape index (κ1) is 16.4. The van der Waals surface area contributed by atoms with Crippen molar-refractivity contribution in [3.63, 3.8) is 0 Å². The maximum absolute atomic E-state index is 13.9. The molecule has 5 nitrogen and oxygen atoms in total. The van der Waals surface area contributed by atoms with E-state index in [0.717, 1.165) is 17.8 Å². The number of thiazole rings is 1. The monoisotopic (exact) mass is 339 g/mol. The van der Waals surface area contributed by atoms with Gasteiger partial charge in [0.15, 0.2) is 0 Å². The minimum absolute atomic E-state index is 0.0128. The summed E-state index contributed by atoms with van der Waals surface area (Å²) in [6.07, 6.45) is 4.60. The Balaban J connectivity index is 1.60. The molecular weight excluding hydrogens is 317 g/mol. The minimum atomic E-state index is -0.833. The first-order valence-corrected chi connectivity index (χ1v) is 8.84. The predicted molar refractivity (Wildman–Crippen MR) is 86.7 cm³/mol. The van der Waals surface area contributed by atoms with Gasteiger partial charge in [-0.3, -0.25) is 9.69 Å². The van der Waals surface area contributed by atoms with Crippen LogP contribution in [0.15, 0.2) is 23.4 Å². The van der Waals surface area contributed by atoms with Crippen molar-refractivity contribution in [2.24, 2.45) is 0 Å². The molecule has 1 aromatic heterocycles. The van der Waals surface area contributed by atoms with Crippen LogP contribution in [0, 0.1) is 0 Å². The van der Waals surface area contributed by atoms with Crippen LogP contribution < -0.4 is 0 Å². The van der Waals surface area contributed by atoms with Gasteiger partial charge in [-0.05, 0) is 19.3 Å². The number of rotatable bonds is 5. The second-order valence-electron chi connectivity index (χ2n) is 6.15. The number of alkyl halides is 1. The Morgan fingerprint density at radius 3 is 3.17 bits per heavy atom. The maximum Gasteiger partial charge on any atom is 0.252 e. The number of hydrogen-bond acceptors (Lipinski definition) is 5. The molecule has 1 aromatic rings. The smallest absolute Gasteiger partial charge is 0.252 e. The molecular formula is C16H22FN3O2S. The van der Waals surface area contributed by atoms with E-state index in [1.165, 1.54) is 0 Å².